The highest BCUT2D eigenvalue weighted by Gasteiger charge is 2.30. The van der Waals surface area contributed by atoms with E-state index >= 15 is 0 Å². The number of alkyl halides is 1. The van der Waals surface area contributed by atoms with E-state index in [2.05, 4.69) is 19.0 Å². The summed E-state index contributed by atoms with van der Waals surface area (Å²) in [7, 11) is 0. The number of fused-ring (bicyclic) bond motifs is 1. The third-order valence-electron chi connectivity index (χ3n) is 2.76. The minimum Gasteiger partial charge on any atom is -0.361 e. The van der Waals surface area contributed by atoms with Crippen LogP contribution < -0.4 is 0 Å². The van der Waals surface area contributed by atoms with Crippen molar-refractivity contribution in [2.75, 3.05) is 0 Å². The molecule has 0 aliphatic heterocycles. The molecule has 0 saturated heterocycles. The summed E-state index contributed by atoms with van der Waals surface area (Å²) in [6, 6.07) is 0. The lowest BCUT2D eigenvalue weighted by atomic mass is 9.76. The molecular formula is C10H14ClNO. The van der Waals surface area contributed by atoms with E-state index in [4.69, 9.17) is 16.1 Å². The number of hydrogen-bond donors (Lipinski definition) is 0. The summed E-state index contributed by atoms with van der Waals surface area (Å²) in [6.07, 6.45) is 3.23. The Labute approximate surface area is 83.2 Å². The summed E-state index contributed by atoms with van der Waals surface area (Å²) >= 11 is 5.78. The number of aryl methyl sites for hydroxylation is 1. The van der Waals surface area contributed by atoms with Crippen LogP contribution in [0.25, 0.3) is 0 Å². The molecule has 13 heavy (non-hydrogen) atoms. The summed E-state index contributed by atoms with van der Waals surface area (Å²) in [5.74, 6) is 1.52. The quantitative estimate of drug-likeness (QED) is 0.650. The molecule has 1 heterocycles. The molecule has 0 unspecified atom stereocenters. The van der Waals surface area contributed by atoms with Gasteiger partial charge in [-0.15, -0.1) is 11.6 Å². The molecule has 1 aliphatic carbocycles. The lowest BCUT2D eigenvalue weighted by molar-refractivity contribution is 0.282. The van der Waals surface area contributed by atoms with Crippen LogP contribution in [0.2, 0.25) is 0 Å². The van der Waals surface area contributed by atoms with Gasteiger partial charge in [0.15, 0.2) is 0 Å². The van der Waals surface area contributed by atoms with Crippen molar-refractivity contribution >= 4 is 11.6 Å². The van der Waals surface area contributed by atoms with Gasteiger partial charge in [-0.25, -0.2) is 0 Å². The molecule has 0 aromatic carbocycles. The second kappa shape index (κ2) is 3.02. The Balaban J connectivity index is 2.36. The standard InChI is InChI=1S/C10H14ClNO/c1-10(2)4-3-9-7(5-10)8(6-11)12-13-9/h3-6H2,1-2H3. The van der Waals surface area contributed by atoms with E-state index in [1.54, 1.807) is 0 Å². The SMILES string of the molecule is CC1(C)CCc2onc(CCl)c2C1. The van der Waals surface area contributed by atoms with Crippen LogP contribution in [-0.4, -0.2) is 5.16 Å². The summed E-state index contributed by atoms with van der Waals surface area (Å²) in [5.41, 5.74) is 2.56. The van der Waals surface area contributed by atoms with Crippen LogP contribution in [0.5, 0.6) is 0 Å². The highest BCUT2D eigenvalue weighted by molar-refractivity contribution is 6.17. The molecule has 0 amide bonds. The lowest BCUT2D eigenvalue weighted by Gasteiger charge is -2.28. The summed E-state index contributed by atoms with van der Waals surface area (Å²) in [4.78, 5) is 0. The Bertz CT molecular complexity index is 303. The van der Waals surface area contributed by atoms with E-state index < -0.39 is 0 Å². The zero-order valence-corrected chi connectivity index (χ0v) is 8.82. The van der Waals surface area contributed by atoms with Gasteiger partial charge in [-0.05, 0) is 18.3 Å². The molecule has 0 radical (unpaired) electrons. The van der Waals surface area contributed by atoms with Crippen molar-refractivity contribution in [1.29, 1.82) is 0 Å². The molecule has 1 aromatic heterocycles. The first-order valence-electron chi connectivity index (χ1n) is 4.65. The number of halogens is 1. The Morgan fingerprint density at radius 1 is 1.54 bits per heavy atom. The molecule has 2 rings (SSSR count). The molecule has 0 spiro atoms. The topological polar surface area (TPSA) is 26.0 Å². The molecular weight excluding hydrogens is 186 g/mol. The minimum atomic E-state index is 0.374. The molecule has 3 heteroatoms. The Kier molecular flexibility index (Phi) is 2.11. The van der Waals surface area contributed by atoms with Crippen molar-refractivity contribution in [3.63, 3.8) is 0 Å². The van der Waals surface area contributed by atoms with Gasteiger partial charge in [0.2, 0.25) is 0 Å². The van der Waals surface area contributed by atoms with Gasteiger partial charge in [0.25, 0.3) is 0 Å². The number of hydrogen-bond acceptors (Lipinski definition) is 2. The minimum absolute atomic E-state index is 0.374. The first-order valence-corrected chi connectivity index (χ1v) is 5.18. The monoisotopic (exact) mass is 199 g/mol. The largest absolute Gasteiger partial charge is 0.361 e. The Morgan fingerprint density at radius 3 is 3.00 bits per heavy atom. The fourth-order valence-corrected chi connectivity index (χ4v) is 2.11. The molecule has 72 valence electrons. The van der Waals surface area contributed by atoms with Crippen molar-refractivity contribution in [2.45, 2.75) is 39.0 Å². The highest BCUT2D eigenvalue weighted by atomic mass is 35.5. The van der Waals surface area contributed by atoms with Gasteiger partial charge in [0.05, 0.1) is 5.88 Å². The fraction of sp³-hybridized carbons (Fsp3) is 0.700. The summed E-state index contributed by atoms with van der Waals surface area (Å²) in [5, 5.41) is 3.97. The van der Waals surface area contributed by atoms with E-state index in [9.17, 15) is 0 Å². The average molecular weight is 200 g/mol. The average Bonchev–Trinajstić information content (AvgIpc) is 2.44. The van der Waals surface area contributed by atoms with E-state index in [1.807, 2.05) is 0 Å². The van der Waals surface area contributed by atoms with Crippen LogP contribution in [0.1, 0.15) is 37.3 Å². The van der Waals surface area contributed by atoms with Crippen molar-refractivity contribution in [1.82, 2.24) is 5.16 Å². The smallest absolute Gasteiger partial charge is 0.140 e. The van der Waals surface area contributed by atoms with E-state index in [0.717, 1.165) is 24.3 Å². The fourth-order valence-electron chi connectivity index (χ4n) is 1.90. The zero-order chi connectivity index (χ0) is 9.47. The predicted molar refractivity (Wildman–Crippen MR) is 51.9 cm³/mol. The molecule has 0 bridgehead atoms. The van der Waals surface area contributed by atoms with Gasteiger partial charge in [-0.3, -0.25) is 0 Å². The summed E-state index contributed by atoms with van der Waals surface area (Å²) in [6.45, 7) is 4.56. The Morgan fingerprint density at radius 2 is 2.31 bits per heavy atom. The van der Waals surface area contributed by atoms with Gasteiger partial charge < -0.3 is 4.52 Å². The van der Waals surface area contributed by atoms with Crippen LogP contribution in [0.3, 0.4) is 0 Å². The first-order chi connectivity index (χ1) is 6.12. The molecule has 0 saturated carbocycles. The van der Waals surface area contributed by atoms with E-state index in [1.165, 1.54) is 12.0 Å². The first kappa shape index (κ1) is 9.07. The maximum atomic E-state index is 5.78. The van der Waals surface area contributed by atoms with Crippen LogP contribution in [0, 0.1) is 5.41 Å². The molecule has 2 nitrogen and oxygen atoms in total. The van der Waals surface area contributed by atoms with Crippen molar-refractivity contribution < 1.29 is 4.52 Å². The molecule has 0 N–H and O–H groups in total. The molecule has 0 atom stereocenters. The van der Waals surface area contributed by atoms with Crippen molar-refractivity contribution in [3.05, 3.63) is 17.0 Å². The van der Waals surface area contributed by atoms with Gasteiger partial charge >= 0.3 is 0 Å². The van der Waals surface area contributed by atoms with E-state index in [0.29, 0.717) is 11.3 Å². The maximum Gasteiger partial charge on any atom is 0.140 e. The zero-order valence-electron chi connectivity index (χ0n) is 8.06. The number of rotatable bonds is 1. The van der Waals surface area contributed by atoms with Gasteiger partial charge in [0, 0.05) is 12.0 Å². The van der Waals surface area contributed by atoms with Crippen LogP contribution >= 0.6 is 11.6 Å². The third kappa shape index (κ3) is 1.60. The highest BCUT2D eigenvalue weighted by Crippen LogP contribution is 2.36. The van der Waals surface area contributed by atoms with Crippen LogP contribution in [0.4, 0.5) is 0 Å². The predicted octanol–water partition coefficient (Wildman–Crippen LogP) is 2.93. The Hall–Kier alpha value is -0.500. The second-order valence-electron chi connectivity index (χ2n) is 4.51. The van der Waals surface area contributed by atoms with Gasteiger partial charge in [-0.1, -0.05) is 19.0 Å². The number of nitrogens with zero attached hydrogens (tertiary/aromatic N) is 1. The third-order valence-corrected chi connectivity index (χ3v) is 3.01. The van der Waals surface area contributed by atoms with Crippen molar-refractivity contribution in [2.24, 2.45) is 5.41 Å². The van der Waals surface area contributed by atoms with Crippen LogP contribution in [0.15, 0.2) is 4.52 Å². The summed E-state index contributed by atoms with van der Waals surface area (Å²) < 4.78 is 5.24. The van der Waals surface area contributed by atoms with Crippen molar-refractivity contribution in [3.8, 4) is 0 Å². The van der Waals surface area contributed by atoms with E-state index in [-0.39, 0.29) is 0 Å². The number of aromatic nitrogens is 1. The second-order valence-corrected chi connectivity index (χ2v) is 4.77. The maximum absolute atomic E-state index is 5.78. The molecule has 1 aromatic rings. The van der Waals surface area contributed by atoms with Crippen LogP contribution in [-0.2, 0) is 18.7 Å². The molecule has 1 aliphatic rings. The molecule has 0 fully saturated rings. The van der Waals surface area contributed by atoms with Gasteiger partial charge in [0.1, 0.15) is 11.5 Å². The van der Waals surface area contributed by atoms with Gasteiger partial charge in [-0.2, -0.15) is 0 Å². The lowest BCUT2D eigenvalue weighted by Crippen LogP contribution is -2.21. The normalized spacial score (nSPS) is 19.9.